The molecule has 1 unspecified atom stereocenters. The van der Waals surface area contributed by atoms with Crippen LogP contribution in [0.3, 0.4) is 0 Å². The lowest BCUT2D eigenvalue weighted by Gasteiger charge is -2.43. The highest BCUT2D eigenvalue weighted by molar-refractivity contribution is 5.91. The number of H-pyrrole nitrogens is 1. The molecule has 1 atom stereocenters. The molecule has 2 aliphatic rings. The molecule has 1 aromatic heterocycles. The maximum atomic E-state index is 13.4. The van der Waals surface area contributed by atoms with Crippen LogP contribution in [0, 0.1) is 17.6 Å². The van der Waals surface area contributed by atoms with Crippen molar-refractivity contribution in [2.24, 2.45) is 5.92 Å². The minimum absolute atomic E-state index is 0.0935. The summed E-state index contributed by atoms with van der Waals surface area (Å²) in [5.74, 6) is -0.710. The number of allylic oxidation sites excluding steroid dienone is 1. The third-order valence-electron chi connectivity index (χ3n) is 7.66. The van der Waals surface area contributed by atoms with Gasteiger partial charge < -0.3 is 10.0 Å². The number of halogens is 2. The quantitative estimate of drug-likeness (QED) is 0.400. The van der Waals surface area contributed by atoms with Crippen LogP contribution in [0.5, 0.6) is 0 Å². The molecule has 0 aliphatic carbocycles. The summed E-state index contributed by atoms with van der Waals surface area (Å²) in [6.07, 6.45) is 12.3. The van der Waals surface area contributed by atoms with Gasteiger partial charge in [-0.05, 0) is 86.9 Å². The number of amides is 1. The van der Waals surface area contributed by atoms with Gasteiger partial charge in [-0.3, -0.25) is 14.8 Å². The van der Waals surface area contributed by atoms with Gasteiger partial charge in [0.25, 0.3) is 0 Å². The number of hydrogen-bond donors (Lipinski definition) is 2. The van der Waals surface area contributed by atoms with E-state index in [2.05, 4.69) is 21.7 Å². The van der Waals surface area contributed by atoms with E-state index in [1.807, 2.05) is 12.3 Å². The Kier molecular flexibility index (Phi) is 9.04. The predicted octanol–water partition coefficient (Wildman–Crippen LogP) is 4.30. The zero-order valence-electron chi connectivity index (χ0n) is 20.7. The van der Waals surface area contributed by atoms with E-state index >= 15 is 0 Å². The van der Waals surface area contributed by atoms with Gasteiger partial charge in [-0.2, -0.15) is 5.10 Å². The summed E-state index contributed by atoms with van der Waals surface area (Å²) in [6.45, 7) is 7.02. The van der Waals surface area contributed by atoms with Crippen molar-refractivity contribution in [2.45, 2.75) is 50.5 Å². The molecule has 2 N–H and O–H groups in total. The second-order valence-electron chi connectivity index (χ2n) is 9.90. The number of hydrogen-bond acceptors (Lipinski definition) is 4. The topological polar surface area (TPSA) is 72.5 Å². The molecule has 1 aromatic carbocycles. The van der Waals surface area contributed by atoms with E-state index in [4.69, 9.17) is 0 Å². The Morgan fingerprint density at radius 2 is 1.83 bits per heavy atom. The third kappa shape index (κ3) is 6.48. The van der Waals surface area contributed by atoms with E-state index in [1.165, 1.54) is 35.5 Å². The van der Waals surface area contributed by atoms with Crippen LogP contribution in [-0.4, -0.2) is 69.8 Å². The molecule has 8 heteroatoms. The highest BCUT2D eigenvalue weighted by Gasteiger charge is 2.34. The van der Waals surface area contributed by atoms with E-state index in [0.29, 0.717) is 30.5 Å². The van der Waals surface area contributed by atoms with Crippen LogP contribution in [0.2, 0.25) is 0 Å². The first kappa shape index (κ1) is 26.2. The molecule has 3 heterocycles. The summed E-state index contributed by atoms with van der Waals surface area (Å²) in [7, 11) is 0. The second-order valence-corrected chi connectivity index (χ2v) is 9.90. The number of aliphatic hydroxyl groups is 1. The van der Waals surface area contributed by atoms with Crippen molar-refractivity contribution < 1.29 is 18.7 Å². The van der Waals surface area contributed by atoms with Crippen molar-refractivity contribution in [2.75, 3.05) is 32.8 Å². The summed E-state index contributed by atoms with van der Waals surface area (Å²) in [6, 6.07) is 3.30. The molecule has 36 heavy (non-hydrogen) atoms. The minimum Gasteiger partial charge on any atom is -0.395 e. The molecular formula is C28H36F2N4O2. The lowest BCUT2D eigenvalue weighted by molar-refractivity contribution is -0.127. The number of aryl methyl sites for hydroxylation is 1. The number of aromatic amines is 1. The fourth-order valence-electron chi connectivity index (χ4n) is 5.66. The Morgan fingerprint density at radius 1 is 1.14 bits per heavy atom. The molecule has 2 saturated heterocycles. The second kappa shape index (κ2) is 12.4. The van der Waals surface area contributed by atoms with Gasteiger partial charge in [-0.25, -0.2) is 8.78 Å². The molecule has 2 aromatic rings. The molecule has 4 rings (SSSR count). The number of carbonyl (C=O) groups is 1. The van der Waals surface area contributed by atoms with Gasteiger partial charge in [0, 0.05) is 42.9 Å². The summed E-state index contributed by atoms with van der Waals surface area (Å²) in [5.41, 5.74) is 2.85. The minimum atomic E-state index is -0.667. The van der Waals surface area contributed by atoms with Gasteiger partial charge >= 0.3 is 0 Å². The van der Waals surface area contributed by atoms with Crippen LogP contribution in [0.15, 0.2) is 43.1 Å². The van der Waals surface area contributed by atoms with Crippen molar-refractivity contribution in [3.05, 3.63) is 71.6 Å². The summed E-state index contributed by atoms with van der Waals surface area (Å²) in [5, 5.41) is 17.7. The van der Waals surface area contributed by atoms with Gasteiger partial charge in [0.05, 0.1) is 12.8 Å². The molecule has 6 nitrogen and oxygen atoms in total. The molecule has 1 amide bonds. The van der Waals surface area contributed by atoms with Crippen molar-refractivity contribution in [1.29, 1.82) is 0 Å². The number of rotatable bonds is 9. The molecular weight excluding hydrogens is 462 g/mol. The van der Waals surface area contributed by atoms with Crippen LogP contribution >= 0.6 is 0 Å². The zero-order valence-corrected chi connectivity index (χ0v) is 20.7. The molecule has 194 valence electrons. The SMILES string of the molecule is C=CCCc1cn[nH]c1C1CCN(C(CO)C2CCN(C(=O)/C=C/c3cc(F)cc(F)c3)CC2)CC1. The average Bonchev–Trinajstić information content (AvgIpc) is 3.35. The predicted molar refractivity (Wildman–Crippen MR) is 136 cm³/mol. The van der Waals surface area contributed by atoms with Crippen LogP contribution < -0.4 is 0 Å². The summed E-state index contributed by atoms with van der Waals surface area (Å²) < 4.78 is 26.7. The molecule has 0 radical (unpaired) electrons. The fraction of sp³-hybridized carbons (Fsp3) is 0.500. The first-order valence-corrected chi connectivity index (χ1v) is 12.9. The highest BCUT2D eigenvalue weighted by atomic mass is 19.1. The van der Waals surface area contributed by atoms with E-state index in [9.17, 15) is 18.7 Å². The van der Waals surface area contributed by atoms with Crippen LogP contribution in [0.25, 0.3) is 6.08 Å². The van der Waals surface area contributed by atoms with E-state index in [-0.39, 0.29) is 18.6 Å². The van der Waals surface area contributed by atoms with Gasteiger partial charge in [-0.1, -0.05) is 6.08 Å². The molecule has 0 bridgehead atoms. The van der Waals surface area contributed by atoms with E-state index < -0.39 is 11.6 Å². The first-order chi connectivity index (χ1) is 17.5. The lowest BCUT2D eigenvalue weighted by Crippen LogP contribution is -2.50. The highest BCUT2D eigenvalue weighted by Crippen LogP contribution is 2.33. The van der Waals surface area contributed by atoms with Crippen molar-refractivity contribution in [3.8, 4) is 0 Å². The largest absolute Gasteiger partial charge is 0.395 e. The normalized spacial score (nSPS) is 19.1. The maximum Gasteiger partial charge on any atom is 0.246 e. The van der Waals surface area contributed by atoms with Gasteiger partial charge in [0.2, 0.25) is 5.91 Å². The average molecular weight is 499 g/mol. The third-order valence-corrected chi connectivity index (χ3v) is 7.66. The number of nitrogens with one attached hydrogen (secondary N) is 1. The van der Waals surface area contributed by atoms with Crippen LogP contribution in [0.1, 0.15) is 54.8 Å². The van der Waals surface area contributed by atoms with Crippen molar-refractivity contribution in [3.63, 3.8) is 0 Å². The van der Waals surface area contributed by atoms with Crippen LogP contribution in [0.4, 0.5) is 8.78 Å². The van der Waals surface area contributed by atoms with Crippen molar-refractivity contribution in [1.82, 2.24) is 20.0 Å². The Balaban J connectivity index is 1.27. The van der Waals surface area contributed by atoms with Gasteiger partial charge in [-0.15, -0.1) is 6.58 Å². The molecule has 2 fully saturated rings. The first-order valence-electron chi connectivity index (χ1n) is 12.9. The number of piperidine rings is 2. The summed E-state index contributed by atoms with van der Waals surface area (Å²) >= 11 is 0. The molecule has 0 saturated carbocycles. The number of carbonyl (C=O) groups excluding carboxylic acids is 1. The zero-order chi connectivity index (χ0) is 25.5. The Hall–Kier alpha value is -2.84. The van der Waals surface area contributed by atoms with Gasteiger partial charge in [0.15, 0.2) is 0 Å². The Labute approximate surface area is 211 Å². The standard InChI is InChI=1S/C28H36F2N4O2/c1-2-3-4-23-18-31-32-28(23)22-9-11-33(12-10-22)26(19-35)21-7-13-34(14-8-21)27(36)6-5-20-15-24(29)17-25(30)16-20/h2,5-6,15-18,21-22,26,35H,1,3-4,7-14,19H2,(H,31,32)/b6-5+. The number of aliphatic hydroxyl groups excluding tert-OH is 1. The van der Waals surface area contributed by atoms with E-state index in [1.54, 1.807) is 4.90 Å². The molecule has 0 spiro atoms. The molecule has 2 aliphatic heterocycles. The van der Waals surface area contributed by atoms with E-state index in [0.717, 1.165) is 57.7 Å². The van der Waals surface area contributed by atoms with Gasteiger partial charge in [0.1, 0.15) is 11.6 Å². The Bertz CT molecular complexity index is 1030. The smallest absolute Gasteiger partial charge is 0.246 e. The lowest BCUT2D eigenvalue weighted by atomic mass is 9.85. The fourth-order valence-corrected chi connectivity index (χ4v) is 5.66. The number of aromatic nitrogens is 2. The Morgan fingerprint density at radius 3 is 2.47 bits per heavy atom. The van der Waals surface area contributed by atoms with Crippen molar-refractivity contribution >= 4 is 12.0 Å². The monoisotopic (exact) mass is 498 g/mol. The number of likely N-dealkylation sites (tertiary alicyclic amines) is 2. The number of nitrogens with zero attached hydrogens (tertiary/aromatic N) is 3. The van der Waals surface area contributed by atoms with Crippen LogP contribution in [-0.2, 0) is 11.2 Å². The number of benzene rings is 1. The summed E-state index contributed by atoms with van der Waals surface area (Å²) in [4.78, 5) is 16.8. The maximum absolute atomic E-state index is 13.4.